The maximum atomic E-state index is 13.3. The molecule has 0 aliphatic carbocycles. The van der Waals surface area contributed by atoms with Crippen LogP contribution < -0.4 is 4.90 Å². The lowest BCUT2D eigenvalue weighted by atomic mass is 9.86. The minimum Gasteiger partial charge on any atom is -0.469 e. The fourth-order valence-corrected chi connectivity index (χ4v) is 3.62. The minimum atomic E-state index is -0.949. The first kappa shape index (κ1) is 18.6. The van der Waals surface area contributed by atoms with Gasteiger partial charge in [-0.15, -0.1) is 0 Å². The average Bonchev–Trinajstić information content (AvgIpc) is 3.14. The first-order valence-electron chi connectivity index (χ1n) is 8.65. The molecule has 1 heterocycles. The van der Waals surface area contributed by atoms with Gasteiger partial charge in [-0.3, -0.25) is 14.4 Å². The predicted octanol–water partition coefficient (Wildman–Crippen LogP) is 2.34. The molecule has 0 aromatic heterocycles. The molecule has 0 unspecified atom stereocenters. The van der Waals surface area contributed by atoms with Crippen molar-refractivity contribution in [2.45, 2.75) is 6.04 Å². The molecular formula is C21H21NO5. The predicted molar refractivity (Wildman–Crippen MR) is 99.4 cm³/mol. The van der Waals surface area contributed by atoms with Crippen LogP contribution in [0.2, 0.25) is 0 Å². The number of Topliss-reactive ketones (excluding diaryl/α,β-unsaturated/α-hetero) is 1. The standard InChI is InChI=1S/C21H21NO5/c1-26-20(24)16-13-22(15-11-7-4-8-12-15)18(17(16)21(25)27-2)19(23)14-9-5-3-6-10-14/h3-12,16-18H,13H2,1-2H3/t16-,17-,18+/m1/s1. The highest BCUT2D eigenvalue weighted by Crippen LogP contribution is 2.37. The third-order valence-electron chi connectivity index (χ3n) is 4.89. The van der Waals surface area contributed by atoms with Crippen molar-refractivity contribution in [1.29, 1.82) is 0 Å². The third kappa shape index (κ3) is 3.56. The largest absolute Gasteiger partial charge is 0.469 e. The maximum Gasteiger partial charge on any atom is 0.312 e. The second kappa shape index (κ2) is 8.03. The number of hydrogen-bond acceptors (Lipinski definition) is 6. The molecule has 0 amide bonds. The molecule has 1 aliphatic heterocycles. The molecule has 3 rings (SSSR count). The zero-order valence-corrected chi connectivity index (χ0v) is 15.2. The highest BCUT2D eigenvalue weighted by Gasteiger charge is 2.53. The van der Waals surface area contributed by atoms with E-state index < -0.39 is 29.8 Å². The Morgan fingerprint density at radius 1 is 0.852 bits per heavy atom. The normalized spacial score (nSPS) is 21.6. The van der Waals surface area contributed by atoms with E-state index >= 15 is 0 Å². The molecule has 6 heteroatoms. The number of carbonyl (C=O) groups is 3. The van der Waals surface area contributed by atoms with Gasteiger partial charge in [0.15, 0.2) is 5.78 Å². The molecule has 2 aromatic carbocycles. The molecule has 27 heavy (non-hydrogen) atoms. The fraction of sp³-hybridized carbons (Fsp3) is 0.286. The number of ether oxygens (including phenoxy) is 2. The van der Waals surface area contributed by atoms with Crippen LogP contribution in [-0.4, -0.2) is 44.5 Å². The van der Waals surface area contributed by atoms with Gasteiger partial charge in [-0.05, 0) is 12.1 Å². The summed E-state index contributed by atoms with van der Waals surface area (Å²) < 4.78 is 9.83. The second-order valence-electron chi connectivity index (χ2n) is 6.34. The lowest BCUT2D eigenvalue weighted by Crippen LogP contribution is -2.43. The number of hydrogen-bond donors (Lipinski definition) is 0. The van der Waals surface area contributed by atoms with Crippen LogP contribution >= 0.6 is 0 Å². The summed E-state index contributed by atoms with van der Waals surface area (Å²) in [5.41, 5.74) is 1.23. The summed E-state index contributed by atoms with van der Waals surface area (Å²) in [4.78, 5) is 40.0. The van der Waals surface area contributed by atoms with Crippen LogP contribution in [0.4, 0.5) is 5.69 Å². The number of ketones is 1. The molecule has 140 valence electrons. The van der Waals surface area contributed by atoms with Crippen LogP contribution in [0, 0.1) is 11.8 Å². The topological polar surface area (TPSA) is 72.9 Å². The number of nitrogens with zero attached hydrogens (tertiary/aromatic N) is 1. The zero-order chi connectivity index (χ0) is 19.4. The van der Waals surface area contributed by atoms with Gasteiger partial charge in [0.1, 0.15) is 6.04 Å². The van der Waals surface area contributed by atoms with E-state index in [1.165, 1.54) is 14.2 Å². The van der Waals surface area contributed by atoms with Crippen molar-refractivity contribution in [2.75, 3.05) is 25.7 Å². The van der Waals surface area contributed by atoms with Gasteiger partial charge in [0.25, 0.3) is 0 Å². The maximum absolute atomic E-state index is 13.3. The summed E-state index contributed by atoms with van der Waals surface area (Å²) in [6.45, 7) is 0.194. The van der Waals surface area contributed by atoms with Crippen LogP contribution in [0.25, 0.3) is 0 Å². The third-order valence-corrected chi connectivity index (χ3v) is 4.89. The number of carbonyl (C=O) groups excluding carboxylic acids is 3. The van der Waals surface area contributed by atoms with Crippen molar-refractivity contribution in [3.8, 4) is 0 Å². The van der Waals surface area contributed by atoms with E-state index in [4.69, 9.17) is 9.47 Å². The monoisotopic (exact) mass is 367 g/mol. The Morgan fingerprint density at radius 3 is 1.96 bits per heavy atom. The van der Waals surface area contributed by atoms with Gasteiger partial charge in [-0.1, -0.05) is 48.5 Å². The van der Waals surface area contributed by atoms with Gasteiger partial charge in [-0.2, -0.15) is 0 Å². The number of rotatable bonds is 5. The summed E-state index contributed by atoms with van der Waals surface area (Å²) in [5, 5.41) is 0. The summed E-state index contributed by atoms with van der Waals surface area (Å²) in [7, 11) is 2.53. The molecule has 2 aromatic rings. The quantitative estimate of drug-likeness (QED) is 0.597. The van der Waals surface area contributed by atoms with Crippen LogP contribution in [-0.2, 0) is 19.1 Å². The Morgan fingerprint density at radius 2 is 1.41 bits per heavy atom. The second-order valence-corrected chi connectivity index (χ2v) is 6.34. The number of esters is 2. The molecule has 1 saturated heterocycles. The average molecular weight is 367 g/mol. The van der Waals surface area contributed by atoms with Crippen molar-refractivity contribution >= 4 is 23.4 Å². The first-order valence-corrected chi connectivity index (χ1v) is 8.65. The Bertz CT molecular complexity index is 821. The number of methoxy groups -OCH3 is 2. The van der Waals surface area contributed by atoms with Gasteiger partial charge in [-0.25, -0.2) is 0 Å². The number of para-hydroxylation sites is 1. The van der Waals surface area contributed by atoms with Gasteiger partial charge >= 0.3 is 11.9 Å². The summed E-state index contributed by atoms with van der Waals surface area (Å²) in [6.07, 6.45) is 0. The van der Waals surface area contributed by atoms with E-state index in [0.717, 1.165) is 5.69 Å². The van der Waals surface area contributed by atoms with E-state index in [9.17, 15) is 14.4 Å². The molecule has 3 atom stereocenters. The van der Waals surface area contributed by atoms with Crippen LogP contribution in [0.15, 0.2) is 60.7 Å². The van der Waals surface area contributed by atoms with Crippen molar-refractivity contribution in [3.05, 3.63) is 66.2 Å². The minimum absolute atomic E-state index is 0.194. The SMILES string of the molecule is COC(=O)[C@H]1[C@@H](C(=O)c2ccccc2)N(c2ccccc2)C[C@H]1C(=O)OC. The molecule has 1 aliphatic rings. The van der Waals surface area contributed by atoms with Gasteiger partial charge < -0.3 is 14.4 Å². The highest BCUT2D eigenvalue weighted by molar-refractivity contribution is 6.06. The Balaban J connectivity index is 2.09. The van der Waals surface area contributed by atoms with Crippen molar-refractivity contribution in [1.82, 2.24) is 0 Å². The van der Waals surface area contributed by atoms with Crippen LogP contribution in [0.3, 0.4) is 0 Å². The number of anilines is 1. The Labute approximate surface area is 157 Å². The van der Waals surface area contributed by atoms with Gasteiger partial charge in [0, 0.05) is 17.8 Å². The molecule has 0 N–H and O–H groups in total. The highest BCUT2D eigenvalue weighted by atomic mass is 16.5. The molecule has 1 fully saturated rings. The van der Waals surface area contributed by atoms with Crippen LogP contribution in [0.1, 0.15) is 10.4 Å². The smallest absolute Gasteiger partial charge is 0.312 e. The Kier molecular flexibility index (Phi) is 5.54. The zero-order valence-electron chi connectivity index (χ0n) is 15.2. The van der Waals surface area contributed by atoms with Gasteiger partial charge in [0.05, 0.1) is 26.1 Å². The summed E-state index contributed by atoms with van der Waals surface area (Å²) in [5.74, 6) is -3.11. The fourth-order valence-electron chi connectivity index (χ4n) is 3.62. The Hall–Kier alpha value is -3.15. The number of benzene rings is 2. The van der Waals surface area contributed by atoms with Gasteiger partial charge in [0.2, 0.25) is 0 Å². The van der Waals surface area contributed by atoms with E-state index in [0.29, 0.717) is 5.56 Å². The summed E-state index contributed by atoms with van der Waals surface area (Å²) in [6, 6.07) is 17.1. The lowest BCUT2D eigenvalue weighted by molar-refractivity contribution is -0.155. The van der Waals surface area contributed by atoms with E-state index in [2.05, 4.69) is 0 Å². The van der Waals surface area contributed by atoms with E-state index in [1.54, 1.807) is 29.2 Å². The molecule has 6 nitrogen and oxygen atoms in total. The van der Waals surface area contributed by atoms with Crippen LogP contribution in [0.5, 0.6) is 0 Å². The molecule has 0 saturated carbocycles. The van der Waals surface area contributed by atoms with Crippen molar-refractivity contribution in [3.63, 3.8) is 0 Å². The van der Waals surface area contributed by atoms with Crippen molar-refractivity contribution < 1.29 is 23.9 Å². The molecule has 0 spiro atoms. The molecule has 0 radical (unpaired) electrons. The molecule has 0 bridgehead atoms. The van der Waals surface area contributed by atoms with Crippen molar-refractivity contribution in [2.24, 2.45) is 11.8 Å². The van der Waals surface area contributed by atoms with E-state index in [1.807, 2.05) is 36.4 Å². The first-order chi connectivity index (χ1) is 13.1. The van der Waals surface area contributed by atoms with E-state index in [-0.39, 0.29) is 12.3 Å². The summed E-state index contributed by atoms with van der Waals surface area (Å²) >= 11 is 0. The molecular weight excluding hydrogens is 346 g/mol. The lowest BCUT2D eigenvalue weighted by Gasteiger charge is -2.28.